The second-order valence-electron chi connectivity index (χ2n) is 5.49. The van der Waals surface area contributed by atoms with E-state index in [0.717, 1.165) is 0 Å². The minimum absolute atomic E-state index is 0.222. The second kappa shape index (κ2) is 6.76. The standard InChI is InChI=1S/C18H15N3O5S/c1-23-12-7-10(8-13(24-2)15(12)25-3)16-19-20-18-21(16)17(22)14(27-18)9-11-5-4-6-26-11/h4-9H,1-3H3/b14-9-. The molecule has 3 aromatic heterocycles. The lowest BCUT2D eigenvalue weighted by Crippen LogP contribution is -2.23. The van der Waals surface area contributed by atoms with Crippen molar-refractivity contribution in [1.29, 1.82) is 0 Å². The van der Waals surface area contributed by atoms with Gasteiger partial charge in [0.05, 0.1) is 27.6 Å². The van der Waals surface area contributed by atoms with Crippen LogP contribution in [0.5, 0.6) is 17.2 Å². The molecule has 0 atom stereocenters. The molecule has 27 heavy (non-hydrogen) atoms. The summed E-state index contributed by atoms with van der Waals surface area (Å²) in [6.45, 7) is 0. The summed E-state index contributed by atoms with van der Waals surface area (Å²) >= 11 is 1.24. The Morgan fingerprint density at radius 3 is 2.44 bits per heavy atom. The highest BCUT2D eigenvalue weighted by Gasteiger charge is 2.19. The van der Waals surface area contributed by atoms with Crippen LogP contribution in [0, 0.1) is 0 Å². The maximum absolute atomic E-state index is 12.9. The second-order valence-corrected chi connectivity index (χ2v) is 6.50. The van der Waals surface area contributed by atoms with Crippen molar-refractivity contribution in [3.8, 4) is 28.6 Å². The molecule has 0 amide bonds. The van der Waals surface area contributed by atoms with Crippen LogP contribution < -0.4 is 24.3 Å². The van der Waals surface area contributed by atoms with E-state index >= 15 is 0 Å². The number of ether oxygens (including phenoxy) is 3. The van der Waals surface area contributed by atoms with Crippen molar-refractivity contribution in [2.45, 2.75) is 0 Å². The monoisotopic (exact) mass is 385 g/mol. The Kier molecular flexibility index (Phi) is 4.28. The van der Waals surface area contributed by atoms with Crippen LogP contribution in [0.4, 0.5) is 0 Å². The summed E-state index contributed by atoms with van der Waals surface area (Å²) in [4.78, 5) is 13.4. The fourth-order valence-corrected chi connectivity index (χ4v) is 3.65. The predicted octanol–water partition coefficient (Wildman–Crippen LogP) is 1.98. The van der Waals surface area contributed by atoms with Crippen LogP contribution in [0.25, 0.3) is 22.4 Å². The van der Waals surface area contributed by atoms with Crippen LogP contribution in [0.2, 0.25) is 0 Å². The maximum atomic E-state index is 12.9. The highest BCUT2D eigenvalue weighted by atomic mass is 32.1. The first kappa shape index (κ1) is 17.1. The zero-order chi connectivity index (χ0) is 19.0. The third kappa shape index (κ3) is 2.81. The van der Waals surface area contributed by atoms with E-state index in [4.69, 9.17) is 18.6 Å². The molecule has 0 aliphatic heterocycles. The first-order valence-electron chi connectivity index (χ1n) is 7.89. The zero-order valence-corrected chi connectivity index (χ0v) is 15.6. The van der Waals surface area contributed by atoms with E-state index in [1.165, 1.54) is 37.1 Å². The number of aromatic nitrogens is 3. The Balaban J connectivity index is 1.93. The predicted molar refractivity (Wildman–Crippen MR) is 99.7 cm³/mol. The Hall–Kier alpha value is -3.33. The molecule has 0 radical (unpaired) electrons. The van der Waals surface area contributed by atoms with E-state index in [1.807, 2.05) is 0 Å². The molecule has 0 aliphatic rings. The normalized spacial score (nSPS) is 11.9. The van der Waals surface area contributed by atoms with E-state index in [0.29, 0.717) is 43.9 Å². The summed E-state index contributed by atoms with van der Waals surface area (Å²) in [5, 5.41) is 8.29. The first-order valence-corrected chi connectivity index (χ1v) is 8.71. The molecule has 0 saturated carbocycles. The van der Waals surface area contributed by atoms with Crippen molar-refractivity contribution >= 4 is 22.4 Å². The van der Waals surface area contributed by atoms with Gasteiger partial charge < -0.3 is 18.6 Å². The van der Waals surface area contributed by atoms with E-state index in [9.17, 15) is 4.79 Å². The average molecular weight is 385 g/mol. The van der Waals surface area contributed by atoms with Gasteiger partial charge in [-0.05, 0) is 24.3 Å². The van der Waals surface area contributed by atoms with Gasteiger partial charge in [-0.1, -0.05) is 11.3 Å². The van der Waals surface area contributed by atoms with Gasteiger partial charge in [-0.2, -0.15) is 0 Å². The van der Waals surface area contributed by atoms with Crippen molar-refractivity contribution < 1.29 is 18.6 Å². The van der Waals surface area contributed by atoms with Crippen molar-refractivity contribution in [2.75, 3.05) is 21.3 Å². The SMILES string of the molecule is COc1cc(-c2nnc3s/c(=C\c4ccco4)c(=O)n23)cc(OC)c1OC. The Bertz CT molecular complexity index is 1190. The summed E-state index contributed by atoms with van der Waals surface area (Å²) < 4.78 is 23.3. The smallest absolute Gasteiger partial charge is 0.276 e. The molecule has 9 heteroatoms. The van der Waals surface area contributed by atoms with Crippen LogP contribution >= 0.6 is 11.3 Å². The average Bonchev–Trinajstić information content (AvgIpc) is 3.41. The molecule has 0 saturated heterocycles. The summed E-state index contributed by atoms with van der Waals surface area (Å²) in [7, 11) is 4.59. The number of methoxy groups -OCH3 is 3. The number of benzene rings is 1. The molecule has 3 heterocycles. The number of thiazole rings is 1. The summed E-state index contributed by atoms with van der Waals surface area (Å²) in [5.74, 6) is 2.38. The lowest BCUT2D eigenvalue weighted by molar-refractivity contribution is 0.324. The molecule has 4 aromatic rings. The molecule has 0 bridgehead atoms. The highest BCUT2D eigenvalue weighted by Crippen LogP contribution is 2.40. The van der Waals surface area contributed by atoms with Gasteiger partial charge in [-0.3, -0.25) is 4.79 Å². The fourth-order valence-electron chi connectivity index (χ4n) is 2.76. The molecule has 4 rings (SSSR count). The molecule has 8 nitrogen and oxygen atoms in total. The molecule has 138 valence electrons. The van der Waals surface area contributed by atoms with Crippen LogP contribution in [0.15, 0.2) is 39.7 Å². The van der Waals surface area contributed by atoms with Crippen molar-refractivity contribution in [1.82, 2.24) is 14.6 Å². The Morgan fingerprint density at radius 2 is 1.85 bits per heavy atom. The van der Waals surface area contributed by atoms with Gasteiger partial charge in [0, 0.05) is 11.6 Å². The van der Waals surface area contributed by atoms with E-state index < -0.39 is 0 Å². The number of rotatable bonds is 5. The highest BCUT2D eigenvalue weighted by molar-refractivity contribution is 7.15. The lowest BCUT2D eigenvalue weighted by atomic mass is 10.1. The Morgan fingerprint density at radius 1 is 1.11 bits per heavy atom. The van der Waals surface area contributed by atoms with E-state index in [2.05, 4.69) is 10.2 Å². The van der Waals surface area contributed by atoms with Crippen LogP contribution in [0.3, 0.4) is 0 Å². The minimum atomic E-state index is -0.222. The lowest BCUT2D eigenvalue weighted by Gasteiger charge is -2.13. The minimum Gasteiger partial charge on any atom is -0.493 e. The molecular formula is C18H15N3O5S. The van der Waals surface area contributed by atoms with Gasteiger partial charge in [-0.15, -0.1) is 10.2 Å². The van der Waals surface area contributed by atoms with Gasteiger partial charge in [0.1, 0.15) is 10.3 Å². The molecule has 0 N–H and O–H groups in total. The number of fused-ring (bicyclic) bond motifs is 1. The first-order chi connectivity index (χ1) is 13.2. The van der Waals surface area contributed by atoms with Crippen molar-refractivity contribution in [3.63, 3.8) is 0 Å². The quantitative estimate of drug-likeness (QED) is 0.519. The van der Waals surface area contributed by atoms with Crippen LogP contribution in [-0.4, -0.2) is 35.9 Å². The molecule has 0 aliphatic carbocycles. The zero-order valence-electron chi connectivity index (χ0n) is 14.8. The number of hydrogen-bond acceptors (Lipinski definition) is 8. The third-order valence-corrected chi connectivity index (χ3v) is 4.95. The molecule has 0 fully saturated rings. The molecule has 0 unspecified atom stereocenters. The molecular weight excluding hydrogens is 370 g/mol. The van der Waals surface area contributed by atoms with Crippen molar-refractivity contribution in [2.24, 2.45) is 0 Å². The number of hydrogen-bond donors (Lipinski definition) is 0. The summed E-state index contributed by atoms with van der Waals surface area (Å²) in [6.07, 6.45) is 3.23. The fraction of sp³-hybridized carbons (Fsp3) is 0.167. The van der Waals surface area contributed by atoms with Gasteiger partial charge in [0.25, 0.3) is 5.56 Å². The third-order valence-electron chi connectivity index (χ3n) is 3.99. The van der Waals surface area contributed by atoms with Gasteiger partial charge in [-0.25, -0.2) is 4.40 Å². The van der Waals surface area contributed by atoms with Gasteiger partial charge in [0.2, 0.25) is 10.7 Å². The Labute approximate surface area is 157 Å². The molecule has 0 spiro atoms. The van der Waals surface area contributed by atoms with E-state index in [1.54, 1.807) is 36.6 Å². The largest absolute Gasteiger partial charge is 0.493 e. The number of nitrogens with zero attached hydrogens (tertiary/aromatic N) is 3. The topological polar surface area (TPSA) is 88.1 Å². The van der Waals surface area contributed by atoms with Gasteiger partial charge >= 0.3 is 0 Å². The van der Waals surface area contributed by atoms with Gasteiger partial charge in [0.15, 0.2) is 17.3 Å². The van der Waals surface area contributed by atoms with E-state index in [-0.39, 0.29) is 5.56 Å². The van der Waals surface area contributed by atoms with Crippen LogP contribution in [-0.2, 0) is 0 Å². The maximum Gasteiger partial charge on any atom is 0.276 e. The number of furan rings is 1. The van der Waals surface area contributed by atoms with Crippen LogP contribution in [0.1, 0.15) is 5.76 Å². The summed E-state index contributed by atoms with van der Waals surface area (Å²) in [5.41, 5.74) is 0.400. The summed E-state index contributed by atoms with van der Waals surface area (Å²) in [6, 6.07) is 6.99. The molecule has 1 aromatic carbocycles. The van der Waals surface area contributed by atoms with Crippen molar-refractivity contribution in [3.05, 3.63) is 51.2 Å².